The molecule has 1 N–H and O–H groups in total. The van der Waals surface area contributed by atoms with Crippen molar-refractivity contribution in [1.82, 2.24) is 0 Å². The lowest BCUT2D eigenvalue weighted by molar-refractivity contribution is -0.131. The van der Waals surface area contributed by atoms with E-state index in [-0.39, 0.29) is 27.3 Å². The Hall–Kier alpha value is -2.66. The van der Waals surface area contributed by atoms with Gasteiger partial charge in [0.05, 0.1) is 21.5 Å². The number of allylic oxidation sites excluding steroid dienone is 2. The molecule has 22 heavy (non-hydrogen) atoms. The summed E-state index contributed by atoms with van der Waals surface area (Å²) < 4.78 is 5.04. The minimum atomic E-state index is -0.581. The quantitative estimate of drug-likeness (QED) is 0.646. The maximum absolute atomic E-state index is 12.0. The first-order valence-corrected chi connectivity index (χ1v) is 6.72. The van der Waals surface area contributed by atoms with Gasteiger partial charge in [-0.05, 0) is 18.2 Å². The third kappa shape index (κ3) is 1.98. The average Bonchev–Trinajstić information content (AvgIpc) is 2.46. The van der Waals surface area contributed by atoms with E-state index in [9.17, 15) is 19.5 Å². The lowest BCUT2D eigenvalue weighted by Gasteiger charge is -2.17. The maximum Gasteiger partial charge on any atom is 0.308 e. The van der Waals surface area contributed by atoms with Crippen molar-refractivity contribution < 1.29 is 24.2 Å². The standard InChI is InChI=1S/C16H9ClO5/c1-7(18)22-11-4-2-3-8-12(11)16(21)14-10(20)6-5-9(19)13(14)15(8)17/h2-6,21H,1H3. The molecule has 0 bridgehead atoms. The van der Waals surface area contributed by atoms with E-state index in [2.05, 4.69) is 0 Å². The fourth-order valence-corrected chi connectivity index (χ4v) is 2.82. The van der Waals surface area contributed by atoms with Gasteiger partial charge in [0.1, 0.15) is 11.5 Å². The highest BCUT2D eigenvalue weighted by Crippen LogP contribution is 2.44. The topological polar surface area (TPSA) is 80.7 Å². The van der Waals surface area contributed by atoms with Crippen molar-refractivity contribution in [2.75, 3.05) is 0 Å². The lowest BCUT2D eigenvalue weighted by atomic mass is 9.90. The van der Waals surface area contributed by atoms with Crippen molar-refractivity contribution in [1.29, 1.82) is 0 Å². The molecule has 5 nitrogen and oxygen atoms in total. The van der Waals surface area contributed by atoms with Crippen LogP contribution in [0.5, 0.6) is 11.5 Å². The lowest BCUT2D eigenvalue weighted by Crippen LogP contribution is -2.13. The van der Waals surface area contributed by atoms with E-state index in [0.29, 0.717) is 5.39 Å². The third-order valence-corrected chi connectivity index (χ3v) is 3.73. The van der Waals surface area contributed by atoms with E-state index in [1.807, 2.05) is 0 Å². The van der Waals surface area contributed by atoms with Crippen LogP contribution in [0.2, 0.25) is 5.02 Å². The molecule has 0 atom stereocenters. The highest BCUT2D eigenvalue weighted by Gasteiger charge is 2.29. The maximum atomic E-state index is 12.0. The van der Waals surface area contributed by atoms with Gasteiger partial charge >= 0.3 is 5.97 Å². The Kier molecular flexibility index (Phi) is 3.22. The second kappa shape index (κ2) is 4.96. The number of rotatable bonds is 1. The molecule has 0 spiro atoms. The minimum absolute atomic E-state index is 0.0412. The summed E-state index contributed by atoms with van der Waals surface area (Å²) in [5.41, 5.74) is -0.219. The predicted molar refractivity (Wildman–Crippen MR) is 79.7 cm³/mol. The van der Waals surface area contributed by atoms with Crippen LogP contribution in [0.4, 0.5) is 0 Å². The summed E-state index contributed by atoms with van der Waals surface area (Å²) in [6.45, 7) is 1.22. The largest absolute Gasteiger partial charge is 0.506 e. The van der Waals surface area contributed by atoms with Gasteiger partial charge < -0.3 is 9.84 Å². The number of benzene rings is 2. The van der Waals surface area contributed by atoms with E-state index in [4.69, 9.17) is 16.3 Å². The van der Waals surface area contributed by atoms with Gasteiger partial charge in [-0.1, -0.05) is 23.7 Å². The highest BCUT2D eigenvalue weighted by atomic mass is 35.5. The monoisotopic (exact) mass is 316 g/mol. The van der Waals surface area contributed by atoms with Crippen LogP contribution < -0.4 is 4.74 Å². The molecule has 6 heteroatoms. The van der Waals surface area contributed by atoms with Crippen molar-refractivity contribution in [3.05, 3.63) is 46.5 Å². The zero-order chi connectivity index (χ0) is 16.0. The Morgan fingerprint density at radius 2 is 1.77 bits per heavy atom. The molecule has 0 heterocycles. The van der Waals surface area contributed by atoms with E-state index in [1.54, 1.807) is 12.1 Å². The van der Waals surface area contributed by atoms with E-state index < -0.39 is 23.3 Å². The number of hydrogen-bond acceptors (Lipinski definition) is 5. The Morgan fingerprint density at radius 1 is 1.14 bits per heavy atom. The van der Waals surface area contributed by atoms with Gasteiger partial charge in [-0.3, -0.25) is 14.4 Å². The first-order chi connectivity index (χ1) is 10.4. The summed E-state index contributed by atoms with van der Waals surface area (Å²) in [6.07, 6.45) is 2.18. The molecule has 2 aromatic carbocycles. The number of carbonyl (C=O) groups is 3. The molecular weight excluding hydrogens is 308 g/mol. The van der Waals surface area contributed by atoms with E-state index in [1.165, 1.54) is 13.0 Å². The second-order valence-electron chi connectivity index (χ2n) is 4.75. The van der Waals surface area contributed by atoms with Crippen LogP contribution in [-0.4, -0.2) is 22.6 Å². The molecule has 0 amide bonds. The van der Waals surface area contributed by atoms with Gasteiger partial charge in [-0.2, -0.15) is 0 Å². The molecule has 0 unspecified atom stereocenters. The number of hydrogen-bond donors (Lipinski definition) is 1. The van der Waals surface area contributed by atoms with Gasteiger partial charge in [0.25, 0.3) is 0 Å². The van der Waals surface area contributed by atoms with Crippen molar-refractivity contribution in [2.45, 2.75) is 6.92 Å². The van der Waals surface area contributed by atoms with Gasteiger partial charge in [0.2, 0.25) is 0 Å². The van der Waals surface area contributed by atoms with Crippen LogP contribution in [-0.2, 0) is 4.79 Å². The summed E-state index contributed by atoms with van der Waals surface area (Å²) >= 11 is 6.24. The summed E-state index contributed by atoms with van der Waals surface area (Å²) in [5, 5.41) is 10.9. The Morgan fingerprint density at radius 3 is 2.41 bits per heavy atom. The van der Waals surface area contributed by atoms with Crippen LogP contribution in [0.25, 0.3) is 10.8 Å². The Balaban J connectivity index is 2.47. The first kappa shape index (κ1) is 14.3. The molecule has 0 saturated heterocycles. The molecule has 0 aromatic heterocycles. The van der Waals surface area contributed by atoms with Gasteiger partial charge in [-0.25, -0.2) is 0 Å². The first-order valence-electron chi connectivity index (χ1n) is 6.34. The van der Waals surface area contributed by atoms with Gasteiger partial charge in [-0.15, -0.1) is 0 Å². The fraction of sp³-hybridized carbons (Fsp3) is 0.0625. The number of halogens is 1. The van der Waals surface area contributed by atoms with E-state index >= 15 is 0 Å². The van der Waals surface area contributed by atoms with Crippen molar-refractivity contribution in [3.63, 3.8) is 0 Å². The summed E-state index contributed by atoms with van der Waals surface area (Å²) in [4.78, 5) is 35.2. The molecule has 0 aliphatic heterocycles. The van der Waals surface area contributed by atoms with E-state index in [0.717, 1.165) is 12.2 Å². The number of ketones is 2. The number of carbonyl (C=O) groups excluding carboxylic acids is 3. The van der Waals surface area contributed by atoms with Crippen LogP contribution in [0, 0.1) is 0 Å². The van der Waals surface area contributed by atoms with Crippen molar-refractivity contribution >= 4 is 39.9 Å². The normalized spacial score (nSPS) is 13.4. The van der Waals surface area contributed by atoms with Crippen LogP contribution in [0.15, 0.2) is 30.4 Å². The smallest absolute Gasteiger partial charge is 0.308 e. The third-order valence-electron chi connectivity index (χ3n) is 3.34. The highest BCUT2D eigenvalue weighted by molar-refractivity contribution is 6.42. The summed E-state index contributed by atoms with van der Waals surface area (Å²) in [5.74, 6) is -1.93. The van der Waals surface area contributed by atoms with Gasteiger partial charge in [0.15, 0.2) is 11.6 Å². The van der Waals surface area contributed by atoms with Crippen molar-refractivity contribution in [3.8, 4) is 11.5 Å². The molecule has 0 fully saturated rings. The SMILES string of the molecule is CC(=O)Oc1cccc2c(Cl)c3c(c(O)c12)C(=O)C=CC3=O. The molecule has 0 radical (unpaired) electrons. The Bertz CT molecular complexity index is 895. The Labute approximate surface area is 129 Å². The predicted octanol–water partition coefficient (Wildman–Crippen LogP) is 3.06. The van der Waals surface area contributed by atoms with Crippen LogP contribution in [0.3, 0.4) is 0 Å². The molecule has 3 rings (SSSR count). The molecule has 1 aliphatic rings. The number of aromatic hydroxyl groups is 1. The summed E-state index contributed by atoms with van der Waals surface area (Å²) in [6, 6.07) is 4.61. The summed E-state index contributed by atoms with van der Waals surface area (Å²) in [7, 11) is 0. The number of esters is 1. The van der Waals surface area contributed by atoms with Gasteiger partial charge in [0, 0.05) is 12.3 Å². The minimum Gasteiger partial charge on any atom is -0.506 e. The zero-order valence-electron chi connectivity index (χ0n) is 11.3. The second-order valence-corrected chi connectivity index (χ2v) is 5.12. The zero-order valence-corrected chi connectivity index (χ0v) is 12.1. The fourth-order valence-electron chi connectivity index (χ4n) is 2.48. The molecule has 0 saturated carbocycles. The van der Waals surface area contributed by atoms with Crippen LogP contribution in [0.1, 0.15) is 27.6 Å². The number of phenolic OH excluding ortho intramolecular Hbond substituents is 1. The number of ether oxygens (including phenoxy) is 1. The molecule has 1 aliphatic carbocycles. The number of fused-ring (bicyclic) bond motifs is 2. The average molecular weight is 317 g/mol. The number of phenols is 1. The van der Waals surface area contributed by atoms with Crippen LogP contribution >= 0.6 is 11.6 Å². The van der Waals surface area contributed by atoms with Crippen molar-refractivity contribution in [2.24, 2.45) is 0 Å². The molecule has 110 valence electrons. The molecule has 2 aromatic rings. The molecular formula is C16H9ClO5.